The van der Waals surface area contributed by atoms with Gasteiger partial charge in [0.2, 0.25) is 0 Å². The van der Waals surface area contributed by atoms with Crippen LogP contribution in [0.2, 0.25) is 0 Å². The van der Waals surface area contributed by atoms with Crippen LogP contribution in [0.5, 0.6) is 17.2 Å². The first kappa shape index (κ1) is 19.3. The Kier molecular flexibility index (Phi) is 7.02. The third kappa shape index (κ3) is 4.99. The Morgan fingerprint density at radius 3 is 2.35 bits per heavy atom. The van der Waals surface area contributed by atoms with E-state index in [1.165, 1.54) is 0 Å². The number of benzene rings is 2. The number of carbonyl (C=O) groups excluding carboxylic acids is 1. The maximum atomic E-state index is 12.3. The number of rotatable bonds is 8. The summed E-state index contributed by atoms with van der Waals surface area (Å²) in [5, 5.41) is 4.17. The average molecular weight is 356 g/mol. The largest absolute Gasteiger partial charge is 0.497 e. The van der Waals surface area contributed by atoms with Crippen LogP contribution in [0.25, 0.3) is 0 Å². The summed E-state index contributed by atoms with van der Waals surface area (Å²) in [5.74, 6) is 1.76. The fraction of sp³-hybridized carbons (Fsp3) is 0.300. The van der Waals surface area contributed by atoms with Gasteiger partial charge in [-0.3, -0.25) is 4.79 Å². The van der Waals surface area contributed by atoms with Crippen LogP contribution in [-0.2, 0) is 0 Å². The van der Waals surface area contributed by atoms with Gasteiger partial charge >= 0.3 is 0 Å². The Bertz CT molecular complexity index is 770. The molecule has 0 unspecified atom stereocenters. The summed E-state index contributed by atoms with van der Waals surface area (Å²) >= 11 is 0. The highest BCUT2D eigenvalue weighted by Gasteiger charge is 2.10. The van der Waals surface area contributed by atoms with Gasteiger partial charge in [0.05, 0.1) is 26.5 Å². The van der Waals surface area contributed by atoms with Gasteiger partial charge < -0.3 is 14.2 Å². The zero-order valence-electron chi connectivity index (χ0n) is 15.5. The molecule has 6 nitrogen and oxygen atoms in total. The van der Waals surface area contributed by atoms with E-state index in [-0.39, 0.29) is 5.91 Å². The van der Waals surface area contributed by atoms with Gasteiger partial charge in [-0.15, -0.1) is 0 Å². The van der Waals surface area contributed by atoms with Crippen LogP contribution in [0.15, 0.2) is 47.6 Å². The molecule has 0 aliphatic carbocycles. The molecule has 0 radical (unpaired) electrons. The van der Waals surface area contributed by atoms with Crippen LogP contribution in [0.4, 0.5) is 0 Å². The SMILES string of the molecule is CCCOc1ccc(C(=O)N/N=C(\C)c2ccc(OC)cc2OC)cc1. The van der Waals surface area contributed by atoms with E-state index in [9.17, 15) is 4.79 Å². The zero-order chi connectivity index (χ0) is 18.9. The highest BCUT2D eigenvalue weighted by Crippen LogP contribution is 2.25. The third-order valence-corrected chi connectivity index (χ3v) is 3.71. The van der Waals surface area contributed by atoms with Gasteiger partial charge in [0, 0.05) is 17.2 Å². The van der Waals surface area contributed by atoms with Crippen molar-refractivity contribution in [3.05, 3.63) is 53.6 Å². The van der Waals surface area contributed by atoms with Gasteiger partial charge in [0.25, 0.3) is 5.91 Å². The van der Waals surface area contributed by atoms with Gasteiger partial charge in [-0.25, -0.2) is 5.43 Å². The number of methoxy groups -OCH3 is 2. The molecule has 0 aromatic heterocycles. The minimum atomic E-state index is -0.293. The Morgan fingerprint density at radius 1 is 1.04 bits per heavy atom. The molecule has 0 saturated carbocycles. The number of nitrogens with zero attached hydrogens (tertiary/aromatic N) is 1. The maximum Gasteiger partial charge on any atom is 0.271 e. The van der Waals surface area contributed by atoms with Crippen molar-refractivity contribution in [2.75, 3.05) is 20.8 Å². The monoisotopic (exact) mass is 356 g/mol. The zero-order valence-corrected chi connectivity index (χ0v) is 15.5. The lowest BCUT2D eigenvalue weighted by atomic mass is 10.1. The lowest BCUT2D eigenvalue weighted by molar-refractivity contribution is 0.0955. The molecule has 0 fully saturated rings. The summed E-state index contributed by atoms with van der Waals surface area (Å²) in [6.07, 6.45) is 0.936. The predicted molar refractivity (Wildman–Crippen MR) is 101 cm³/mol. The summed E-state index contributed by atoms with van der Waals surface area (Å²) in [5.41, 5.74) is 4.47. The van der Waals surface area contributed by atoms with Crippen molar-refractivity contribution in [2.24, 2.45) is 5.10 Å². The van der Waals surface area contributed by atoms with Crippen LogP contribution >= 0.6 is 0 Å². The van der Waals surface area contributed by atoms with E-state index in [1.807, 2.05) is 19.1 Å². The predicted octanol–water partition coefficient (Wildman–Crippen LogP) is 3.65. The molecular formula is C20H24N2O4. The Labute approximate surface area is 153 Å². The smallest absolute Gasteiger partial charge is 0.271 e. The number of carbonyl (C=O) groups is 1. The summed E-state index contributed by atoms with van der Waals surface area (Å²) in [6, 6.07) is 12.4. The standard InChI is InChI=1S/C20H24N2O4/c1-5-12-26-16-8-6-15(7-9-16)20(23)22-21-14(2)18-11-10-17(24-3)13-19(18)25-4/h6-11,13H,5,12H2,1-4H3,(H,22,23)/b21-14+. The molecule has 0 spiro atoms. The van der Waals surface area contributed by atoms with Crippen LogP contribution < -0.4 is 19.6 Å². The first-order chi connectivity index (χ1) is 12.6. The van der Waals surface area contributed by atoms with Crippen molar-refractivity contribution in [1.82, 2.24) is 5.43 Å². The molecule has 138 valence electrons. The molecule has 2 aromatic rings. The summed E-state index contributed by atoms with van der Waals surface area (Å²) in [6.45, 7) is 4.49. The molecule has 0 bridgehead atoms. The first-order valence-corrected chi connectivity index (χ1v) is 8.39. The Hall–Kier alpha value is -3.02. The molecule has 1 N–H and O–H groups in total. The molecule has 2 aromatic carbocycles. The van der Waals surface area contributed by atoms with Crippen molar-refractivity contribution >= 4 is 11.6 Å². The number of hydrazone groups is 1. The highest BCUT2D eigenvalue weighted by molar-refractivity contribution is 6.02. The quantitative estimate of drug-likeness (QED) is 0.579. The number of nitrogens with one attached hydrogen (secondary N) is 1. The third-order valence-electron chi connectivity index (χ3n) is 3.71. The van der Waals surface area contributed by atoms with E-state index in [1.54, 1.807) is 51.5 Å². The van der Waals surface area contributed by atoms with E-state index in [0.717, 1.165) is 17.7 Å². The molecule has 0 heterocycles. The summed E-state index contributed by atoms with van der Waals surface area (Å²) in [4.78, 5) is 12.3. The van der Waals surface area contributed by atoms with E-state index in [0.29, 0.717) is 29.4 Å². The molecular weight excluding hydrogens is 332 g/mol. The topological polar surface area (TPSA) is 69.2 Å². The minimum Gasteiger partial charge on any atom is -0.497 e. The molecule has 0 atom stereocenters. The molecule has 0 saturated heterocycles. The number of amides is 1. The summed E-state index contributed by atoms with van der Waals surface area (Å²) < 4.78 is 16.0. The molecule has 1 amide bonds. The normalized spacial score (nSPS) is 11.0. The van der Waals surface area contributed by atoms with Crippen molar-refractivity contribution in [3.63, 3.8) is 0 Å². The number of hydrogen-bond acceptors (Lipinski definition) is 5. The van der Waals surface area contributed by atoms with Crippen molar-refractivity contribution in [3.8, 4) is 17.2 Å². The van der Waals surface area contributed by atoms with Crippen molar-refractivity contribution in [1.29, 1.82) is 0 Å². The Balaban J connectivity index is 2.07. The molecule has 6 heteroatoms. The second-order valence-electron chi connectivity index (χ2n) is 5.58. The second-order valence-corrected chi connectivity index (χ2v) is 5.58. The fourth-order valence-corrected chi connectivity index (χ4v) is 2.28. The Morgan fingerprint density at radius 2 is 1.73 bits per heavy atom. The molecule has 2 rings (SSSR count). The lowest BCUT2D eigenvalue weighted by Gasteiger charge is -2.10. The van der Waals surface area contributed by atoms with Gasteiger partial charge in [0.15, 0.2) is 0 Å². The molecule has 26 heavy (non-hydrogen) atoms. The van der Waals surface area contributed by atoms with Gasteiger partial charge in [-0.2, -0.15) is 5.10 Å². The van der Waals surface area contributed by atoms with Crippen molar-refractivity contribution < 1.29 is 19.0 Å². The van der Waals surface area contributed by atoms with Crippen LogP contribution in [0.1, 0.15) is 36.2 Å². The first-order valence-electron chi connectivity index (χ1n) is 8.39. The van der Waals surface area contributed by atoms with Crippen LogP contribution in [-0.4, -0.2) is 32.4 Å². The lowest BCUT2D eigenvalue weighted by Crippen LogP contribution is -2.19. The second kappa shape index (κ2) is 9.46. The number of ether oxygens (including phenoxy) is 3. The van der Waals surface area contributed by atoms with E-state index >= 15 is 0 Å². The molecule has 0 aliphatic rings. The van der Waals surface area contributed by atoms with Gasteiger partial charge in [-0.1, -0.05) is 6.92 Å². The maximum absolute atomic E-state index is 12.3. The highest BCUT2D eigenvalue weighted by atomic mass is 16.5. The molecule has 0 aliphatic heterocycles. The minimum absolute atomic E-state index is 0.293. The van der Waals surface area contributed by atoms with Crippen molar-refractivity contribution in [2.45, 2.75) is 20.3 Å². The van der Waals surface area contributed by atoms with Gasteiger partial charge in [-0.05, 0) is 49.7 Å². The van der Waals surface area contributed by atoms with Crippen LogP contribution in [0.3, 0.4) is 0 Å². The van der Waals surface area contributed by atoms with Crippen LogP contribution in [0, 0.1) is 0 Å². The van der Waals surface area contributed by atoms with E-state index < -0.39 is 0 Å². The van der Waals surface area contributed by atoms with E-state index in [4.69, 9.17) is 14.2 Å². The van der Waals surface area contributed by atoms with E-state index in [2.05, 4.69) is 10.5 Å². The average Bonchev–Trinajstić information content (AvgIpc) is 2.69. The number of hydrogen-bond donors (Lipinski definition) is 1. The fourth-order valence-electron chi connectivity index (χ4n) is 2.28. The summed E-state index contributed by atoms with van der Waals surface area (Å²) in [7, 11) is 3.17. The van der Waals surface area contributed by atoms with Gasteiger partial charge in [0.1, 0.15) is 17.2 Å².